The molecule has 0 spiro atoms. The van der Waals surface area contributed by atoms with Crippen LogP contribution in [0.2, 0.25) is 0 Å². The van der Waals surface area contributed by atoms with Crippen molar-refractivity contribution in [3.05, 3.63) is 59.3 Å². The summed E-state index contributed by atoms with van der Waals surface area (Å²) in [6, 6.07) is 11.8. The smallest absolute Gasteiger partial charge is 0.229 e. The van der Waals surface area contributed by atoms with Crippen LogP contribution in [-0.2, 0) is 15.1 Å². The molecular weight excluding hydrogens is 510 g/mol. The van der Waals surface area contributed by atoms with Gasteiger partial charge in [-0.25, -0.2) is 14.2 Å². The molecular formula is C29H39N7O2S. The lowest BCUT2D eigenvalue weighted by molar-refractivity contribution is 0.194. The molecule has 1 fully saturated rings. The van der Waals surface area contributed by atoms with Crippen molar-refractivity contribution in [1.29, 1.82) is 0 Å². The number of aryl methyl sites for hydroxylation is 1. The molecule has 5 rings (SSSR count). The summed E-state index contributed by atoms with van der Waals surface area (Å²) in [6.07, 6.45) is 7.35. The number of piperidine rings is 1. The van der Waals surface area contributed by atoms with Gasteiger partial charge in [-0.05, 0) is 88.1 Å². The highest BCUT2D eigenvalue weighted by atomic mass is 32.2. The first-order chi connectivity index (χ1) is 18.5. The van der Waals surface area contributed by atoms with Crippen molar-refractivity contribution in [3.8, 4) is 0 Å². The second-order valence-corrected chi connectivity index (χ2v) is 14.0. The van der Waals surface area contributed by atoms with Crippen molar-refractivity contribution in [2.45, 2.75) is 51.0 Å². The Labute approximate surface area is 231 Å². The maximum atomic E-state index is 12.3. The van der Waals surface area contributed by atoms with Crippen LogP contribution in [0.25, 0.3) is 0 Å². The number of nitrogens with one attached hydrogen (secondary N) is 1. The van der Waals surface area contributed by atoms with E-state index < -0.39 is 15.1 Å². The zero-order valence-electron chi connectivity index (χ0n) is 23.7. The molecule has 10 heteroatoms. The van der Waals surface area contributed by atoms with Gasteiger partial charge in [-0.15, -0.1) is 0 Å². The number of hydrogen-bond donors (Lipinski definition) is 2. The second kappa shape index (κ2) is 10.5. The largest absolute Gasteiger partial charge is 0.395 e. The van der Waals surface area contributed by atoms with E-state index in [1.165, 1.54) is 24.0 Å². The zero-order chi connectivity index (χ0) is 27.9. The summed E-state index contributed by atoms with van der Waals surface area (Å²) in [4.78, 5) is 18.6. The molecule has 0 amide bonds. The van der Waals surface area contributed by atoms with Gasteiger partial charge < -0.3 is 20.2 Å². The number of benzene rings is 1. The SMILES string of the molecule is Cc1cc(Nc2ncc3c(n2)N(c2cccc(N=S(C)(C)=O)n2)[C@@H](C)[C@@]3(C)CO)ccc1C1CCN(C)CC1. The lowest BCUT2D eigenvalue weighted by atomic mass is 9.81. The topological polar surface area (TPSA) is 107 Å². The van der Waals surface area contributed by atoms with Crippen LogP contribution in [0.1, 0.15) is 49.3 Å². The molecule has 2 aromatic heterocycles. The fraction of sp³-hybridized carbons (Fsp3) is 0.483. The number of aliphatic hydroxyl groups excluding tert-OH is 1. The number of pyridine rings is 1. The standard InChI is InChI=1S/C29H39N7O2S/c1-19-16-22(10-11-23(19)21-12-14-35(4)15-13-21)31-28-30-17-24-27(33-28)36(20(2)29(24,3)18-37)26-9-7-8-25(32-26)34-39(5,6)38/h7-11,16-17,20-21,37H,12-15,18H2,1-6H3,(H,30,31,33)/t20-,29+/m0/s1. The summed E-state index contributed by atoms with van der Waals surface area (Å²) in [5.74, 6) is 2.80. The molecule has 0 unspecified atom stereocenters. The first-order valence-electron chi connectivity index (χ1n) is 13.5. The van der Waals surface area contributed by atoms with Crippen LogP contribution >= 0.6 is 0 Å². The summed E-state index contributed by atoms with van der Waals surface area (Å²) < 4.78 is 16.6. The maximum absolute atomic E-state index is 12.3. The molecule has 39 heavy (non-hydrogen) atoms. The third-order valence-corrected chi connectivity index (χ3v) is 8.84. The van der Waals surface area contributed by atoms with Crippen LogP contribution < -0.4 is 10.2 Å². The van der Waals surface area contributed by atoms with Gasteiger partial charge in [0, 0.05) is 51.1 Å². The van der Waals surface area contributed by atoms with E-state index in [9.17, 15) is 9.32 Å². The van der Waals surface area contributed by atoms with E-state index in [1.807, 2.05) is 30.9 Å². The number of aromatic nitrogens is 3. The third-order valence-electron chi connectivity index (χ3n) is 8.21. The van der Waals surface area contributed by atoms with Crippen molar-refractivity contribution in [1.82, 2.24) is 19.9 Å². The van der Waals surface area contributed by atoms with Crippen LogP contribution in [0.5, 0.6) is 0 Å². The Morgan fingerprint density at radius 3 is 2.59 bits per heavy atom. The minimum atomic E-state index is -2.36. The van der Waals surface area contributed by atoms with Gasteiger partial charge in [0.2, 0.25) is 5.95 Å². The summed E-state index contributed by atoms with van der Waals surface area (Å²) in [5, 5.41) is 13.8. The lowest BCUT2D eigenvalue weighted by Gasteiger charge is -2.31. The molecule has 3 aromatic rings. The van der Waals surface area contributed by atoms with E-state index in [0.717, 1.165) is 24.3 Å². The summed E-state index contributed by atoms with van der Waals surface area (Å²) in [5.41, 5.74) is 3.90. The summed E-state index contributed by atoms with van der Waals surface area (Å²) in [6.45, 7) is 8.44. The van der Waals surface area contributed by atoms with E-state index in [-0.39, 0.29) is 12.6 Å². The summed E-state index contributed by atoms with van der Waals surface area (Å²) >= 11 is 0. The Hall–Kier alpha value is -3.08. The normalized spacial score (nSPS) is 22.1. The number of aliphatic hydroxyl groups is 1. The average molecular weight is 550 g/mol. The van der Waals surface area contributed by atoms with Gasteiger partial charge >= 0.3 is 0 Å². The van der Waals surface area contributed by atoms with E-state index in [4.69, 9.17) is 4.98 Å². The maximum Gasteiger partial charge on any atom is 0.229 e. The molecule has 4 heterocycles. The number of nitrogens with zero attached hydrogens (tertiary/aromatic N) is 6. The van der Waals surface area contributed by atoms with Crippen LogP contribution in [0.4, 0.5) is 29.1 Å². The quantitative estimate of drug-likeness (QED) is 0.448. The Morgan fingerprint density at radius 1 is 1.18 bits per heavy atom. The minimum Gasteiger partial charge on any atom is -0.395 e. The van der Waals surface area contributed by atoms with Crippen LogP contribution in [-0.4, -0.2) is 74.5 Å². The molecule has 2 aliphatic heterocycles. The number of fused-ring (bicyclic) bond motifs is 1. The van der Waals surface area contributed by atoms with Crippen LogP contribution in [0, 0.1) is 6.92 Å². The molecule has 1 saturated heterocycles. The molecule has 0 radical (unpaired) electrons. The Kier molecular flexibility index (Phi) is 7.39. The third kappa shape index (κ3) is 5.50. The molecule has 2 aliphatic rings. The first-order valence-corrected chi connectivity index (χ1v) is 15.8. The Bertz CT molecular complexity index is 1490. The second-order valence-electron chi connectivity index (χ2n) is 11.5. The highest BCUT2D eigenvalue weighted by Gasteiger charge is 2.47. The molecule has 9 nitrogen and oxygen atoms in total. The van der Waals surface area contributed by atoms with E-state index in [2.05, 4.69) is 56.7 Å². The number of rotatable bonds is 6. The number of hydrogen-bond acceptors (Lipinski definition) is 9. The van der Waals surface area contributed by atoms with Crippen molar-refractivity contribution < 1.29 is 9.32 Å². The Balaban J connectivity index is 1.47. The Morgan fingerprint density at radius 2 is 1.92 bits per heavy atom. The number of anilines is 4. The van der Waals surface area contributed by atoms with Gasteiger partial charge in [-0.3, -0.25) is 0 Å². The number of likely N-dealkylation sites (tertiary alicyclic amines) is 1. The molecule has 2 N–H and O–H groups in total. The monoisotopic (exact) mass is 549 g/mol. The van der Waals surface area contributed by atoms with Gasteiger partial charge in [-0.2, -0.15) is 9.35 Å². The van der Waals surface area contributed by atoms with E-state index >= 15 is 0 Å². The highest BCUT2D eigenvalue weighted by Crippen LogP contribution is 2.47. The molecule has 0 saturated carbocycles. The van der Waals surface area contributed by atoms with Crippen molar-refractivity contribution >= 4 is 38.8 Å². The predicted molar refractivity (Wildman–Crippen MR) is 158 cm³/mol. The lowest BCUT2D eigenvalue weighted by Crippen LogP contribution is -2.41. The molecule has 208 valence electrons. The van der Waals surface area contributed by atoms with Gasteiger partial charge in [-0.1, -0.05) is 19.1 Å². The van der Waals surface area contributed by atoms with Crippen LogP contribution in [0.3, 0.4) is 0 Å². The molecule has 2 atom stereocenters. The van der Waals surface area contributed by atoms with Crippen LogP contribution in [0.15, 0.2) is 47.0 Å². The van der Waals surface area contributed by atoms with Crippen molar-refractivity contribution in [3.63, 3.8) is 0 Å². The van der Waals surface area contributed by atoms with Gasteiger partial charge in [0.15, 0.2) is 5.82 Å². The fourth-order valence-electron chi connectivity index (χ4n) is 5.72. The predicted octanol–water partition coefficient (Wildman–Crippen LogP) is 4.88. The minimum absolute atomic E-state index is 0.0623. The summed E-state index contributed by atoms with van der Waals surface area (Å²) in [7, 11) is -0.172. The molecule has 1 aromatic carbocycles. The molecule has 0 bridgehead atoms. The van der Waals surface area contributed by atoms with Crippen molar-refractivity contribution in [2.24, 2.45) is 4.36 Å². The average Bonchev–Trinajstić information content (AvgIpc) is 3.10. The highest BCUT2D eigenvalue weighted by molar-refractivity contribution is 7.92. The zero-order valence-corrected chi connectivity index (χ0v) is 24.5. The first kappa shape index (κ1) is 27.5. The molecule has 0 aliphatic carbocycles. The van der Waals surface area contributed by atoms with Gasteiger partial charge in [0.25, 0.3) is 0 Å². The van der Waals surface area contributed by atoms with Gasteiger partial charge in [0.1, 0.15) is 11.6 Å². The van der Waals surface area contributed by atoms with E-state index in [0.29, 0.717) is 29.3 Å². The fourth-order valence-corrected chi connectivity index (χ4v) is 6.27. The van der Waals surface area contributed by atoms with E-state index in [1.54, 1.807) is 24.8 Å². The van der Waals surface area contributed by atoms with Gasteiger partial charge in [0.05, 0.1) is 6.61 Å². The van der Waals surface area contributed by atoms with Crippen molar-refractivity contribution in [2.75, 3.05) is 49.5 Å².